The van der Waals surface area contributed by atoms with E-state index in [1.54, 1.807) is 17.0 Å². The van der Waals surface area contributed by atoms with Gasteiger partial charge in [-0.15, -0.1) is 0 Å². The molecule has 3 aromatic rings. The summed E-state index contributed by atoms with van der Waals surface area (Å²) in [5, 5.41) is 0.456. The van der Waals surface area contributed by atoms with E-state index in [4.69, 9.17) is 11.6 Å². The molecule has 166 valence electrons. The van der Waals surface area contributed by atoms with Crippen LogP contribution in [0.1, 0.15) is 22.3 Å². The first-order valence-corrected chi connectivity index (χ1v) is 12.3. The number of fused-ring (bicyclic) bond motifs is 1. The molecule has 3 aromatic carbocycles. The summed E-state index contributed by atoms with van der Waals surface area (Å²) in [6.45, 7) is 2.91. The van der Waals surface area contributed by atoms with Crippen molar-refractivity contribution in [1.82, 2.24) is 9.21 Å². The Bertz CT molecular complexity index is 1230. The van der Waals surface area contributed by atoms with E-state index in [0.29, 0.717) is 18.1 Å². The highest BCUT2D eigenvalue weighted by molar-refractivity contribution is 7.89. The molecule has 1 heterocycles. The fourth-order valence-electron chi connectivity index (χ4n) is 3.92. The number of nitrogens with zero attached hydrogens (tertiary/aromatic N) is 2. The lowest BCUT2D eigenvalue weighted by atomic mass is 10.00. The highest BCUT2D eigenvalue weighted by Crippen LogP contribution is 2.23. The zero-order valence-electron chi connectivity index (χ0n) is 17.9. The Morgan fingerprint density at radius 3 is 2.34 bits per heavy atom. The molecule has 0 saturated carbocycles. The van der Waals surface area contributed by atoms with Crippen LogP contribution < -0.4 is 0 Å². The van der Waals surface area contributed by atoms with Crippen molar-refractivity contribution in [2.24, 2.45) is 0 Å². The lowest BCUT2D eigenvalue weighted by molar-refractivity contribution is -0.132. The van der Waals surface area contributed by atoms with Gasteiger partial charge < -0.3 is 4.90 Å². The van der Waals surface area contributed by atoms with Crippen LogP contribution in [0.15, 0.2) is 77.7 Å². The van der Waals surface area contributed by atoms with Gasteiger partial charge in [0.15, 0.2) is 0 Å². The van der Waals surface area contributed by atoms with Crippen LogP contribution in [0.3, 0.4) is 0 Å². The molecule has 0 spiro atoms. The lowest BCUT2D eigenvalue weighted by Crippen LogP contribution is -2.44. The molecule has 1 aliphatic heterocycles. The van der Waals surface area contributed by atoms with Gasteiger partial charge in [0.2, 0.25) is 15.9 Å². The summed E-state index contributed by atoms with van der Waals surface area (Å²) >= 11 is 5.95. The average molecular weight is 469 g/mol. The maximum absolute atomic E-state index is 13.5. The van der Waals surface area contributed by atoms with Crippen LogP contribution in [-0.2, 0) is 34.3 Å². The standard InChI is InChI=1S/C25H25ClN2O3S/c1-19-6-2-3-8-21(19)17-28(32(30,31)24-12-10-23(26)11-13-24)18-25(29)27-15-14-20-7-4-5-9-22(20)16-27/h2-13H,14-18H2,1H3. The molecular formula is C25H25ClN2O3S. The van der Waals surface area contributed by atoms with Crippen molar-refractivity contribution in [3.63, 3.8) is 0 Å². The Morgan fingerprint density at radius 1 is 0.969 bits per heavy atom. The second-order valence-electron chi connectivity index (χ2n) is 7.99. The number of benzene rings is 3. The molecule has 0 fully saturated rings. The Kier molecular flexibility index (Phi) is 6.65. The van der Waals surface area contributed by atoms with Crippen LogP contribution >= 0.6 is 11.6 Å². The molecule has 0 atom stereocenters. The van der Waals surface area contributed by atoms with Crippen LogP contribution in [0.5, 0.6) is 0 Å². The summed E-state index contributed by atoms with van der Waals surface area (Å²) in [5.41, 5.74) is 4.19. The maximum Gasteiger partial charge on any atom is 0.243 e. The summed E-state index contributed by atoms with van der Waals surface area (Å²) in [6, 6.07) is 21.7. The van der Waals surface area contributed by atoms with E-state index >= 15 is 0 Å². The van der Waals surface area contributed by atoms with Gasteiger partial charge in [-0.2, -0.15) is 4.31 Å². The fourth-order valence-corrected chi connectivity index (χ4v) is 5.41. The van der Waals surface area contributed by atoms with Gasteiger partial charge in [-0.05, 0) is 59.9 Å². The predicted octanol–water partition coefficient (Wildman–Crippen LogP) is 4.42. The molecule has 0 aliphatic carbocycles. The molecular weight excluding hydrogens is 444 g/mol. The van der Waals surface area contributed by atoms with E-state index < -0.39 is 10.0 Å². The number of carbonyl (C=O) groups excluding carboxylic acids is 1. The van der Waals surface area contributed by atoms with E-state index in [-0.39, 0.29) is 23.9 Å². The monoisotopic (exact) mass is 468 g/mol. The van der Waals surface area contributed by atoms with Crippen molar-refractivity contribution in [1.29, 1.82) is 0 Å². The molecule has 0 saturated heterocycles. The summed E-state index contributed by atoms with van der Waals surface area (Å²) in [4.78, 5) is 15.1. The first kappa shape index (κ1) is 22.5. The third-order valence-corrected chi connectivity index (χ3v) is 7.91. The normalized spacial score (nSPS) is 13.8. The van der Waals surface area contributed by atoms with Crippen molar-refractivity contribution in [3.05, 3.63) is 100 Å². The third-order valence-electron chi connectivity index (χ3n) is 5.85. The van der Waals surface area contributed by atoms with Crippen LogP contribution in [-0.4, -0.2) is 36.6 Å². The Balaban J connectivity index is 1.61. The third kappa shape index (κ3) is 4.88. The van der Waals surface area contributed by atoms with E-state index in [9.17, 15) is 13.2 Å². The summed E-state index contributed by atoms with van der Waals surface area (Å²) in [7, 11) is -3.90. The van der Waals surface area contributed by atoms with E-state index in [0.717, 1.165) is 23.1 Å². The molecule has 0 bridgehead atoms. The zero-order valence-corrected chi connectivity index (χ0v) is 19.4. The number of rotatable bonds is 6. The van der Waals surface area contributed by atoms with Gasteiger partial charge in [-0.25, -0.2) is 8.42 Å². The predicted molar refractivity (Wildman–Crippen MR) is 126 cm³/mol. The quantitative estimate of drug-likeness (QED) is 0.538. The SMILES string of the molecule is Cc1ccccc1CN(CC(=O)N1CCc2ccccc2C1)S(=O)(=O)c1ccc(Cl)cc1. The van der Waals surface area contributed by atoms with Gasteiger partial charge in [0.05, 0.1) is 11.4 Å². The molecule has 7 heteroatoms. The number of sulfonamides is 1. The van der Waals surface area contributed by atoms with Crippen molar-refractivity contribution in [3.8, 4) is 0 Å². The largest absolute Gasteiger partial charge is 0.337 e. The smallest absolute Gasteiger partial charge is 0.243 e. The Morgan fingerprint density at radius 2 is 1.62 bits per heavy atom. The highest BCUT2D eigenvalue weighted by Gasteiger charge is 2.30. The summed E-state index contributed by atoms with van der Waals surface area (Å²) < 4.78 is 28.2. The van der Waals surface area contributed by atoms with Crippen molar-refractivity contribution >= 4 is 27.5 Å². The molecule has 4 rings (SSSR count). The van der Waals surface area contributed by atoms with Crippen molar-refractivity contribution < 1.29 is 13.2 Å². The van der Waals surface area contributed by atoms with E-state index in [1.807, 2.05) is 49.4 Å². The number of hydrogen-bond acceptors (Lipinski definition) is 3. The van der Waals surface area contributed by atoms with Crippen molar-refractivity contribution in [2.45, 2.75) is 31.3 Å². The van der Waals surface area contributed by atoms with E-state index in [2.05, 4.69) is 6.07 Å². The van der Waals surface area contributed by atoms with Crippen LogP contribution in [0, 0.1) is 6.92 Å². The number of amides is 1. The van der Waals surface area contributed by atoms with Crippen LogP contribution in [0.4, 0.5) is 0 Å². The van der Waals surface area contributed by atoms with Gasteiger partial charge in [0.25, 0.3) is 0 Å². The van der Waals surface area contributed by atoms with Gasteiger partial charge in [0, 0.05) is 24.7 Å². The number of aryl methyl sites for hydroxylation is 1. The van der Waals surface area contributed by atoms with Crippen LogP contribution in [0.2, 0.25) is 5.02 Å². The Hall–Kier alpha value is -2.67. The lowest BCUT2D eigenvalue weighted by Gasteiger charge is -2.31. The van der Waals surface area contributed by atoms with Gasteiger partial charge in [-0.1, -0.05) is 60.1 Å². The molecule has 1 aliphatic rings. The Labute approximate surface area is 194 Å². The summed E-state index contributed by atoms with van der Waals surface area (Å²) in [5.74, 6) is -0.203. The first-order chi connectivity index (χ1) is 15.3. The van der Waals surface area contributed by atoms with Crippen LogP contribution in [0.25, 0.3) is 0 Å². The minimum atomic E-state index is -3.90. The second-order valence-corrected chi connectivity index (χ2v) is 10.4. The van der Waals surface area contributed by atoms with Gasteiger partial charge >= 0.3 is 0 Å². The number of halogens is 1. The summed E-state index contributed by atoms with van der Waals surface area (Å²) in [6.07, 6.45) is 0.768. The molecule has 1 amide bonds. The topological polar surface area (TPSA) is 57.7 Å². The average Bonchev–Trinajstić information content (AvgIpc) is 2.80. The van der Waals surface area contributed by atoms with Gasteiger partial charge in [-0.3, -0.25) is 4.79 Å². The second kappa shape index (κ2) is 9.45. The fraction of sp³-hybridized carbons (Fsp3) is 0.240. The van der Waals surface area contributed by atoms with E-state index in [1.165, 1.54) is 22.0 Å². The van der Waals surface area contributed by atoms with Crippen molar-refractivity contribution in [2.75, 3.05) is 13.1 Å². The molecule has 0 unspecified atom stereocenters. The highest BCUT2D eigenvalue weighted by atomic mass is 35.5. The minimum absolute atomic E-state index is 0.118. The zero-order chi connectivity index (χ0) is 22.7. The molecule has 5 nitrogen and oxygen atoms in total. The molecule has 0 N–H and O–H groups in total. The molecule has 0 aromatic heterocycles. The first-order valence-electron chi connectivity index (χ1n) is 10.5. The maximum atomic E-state index is 13.5. The van der Waals surface area contributed by atoms with Gasteiger partial charge in [0.1, 0.15) is 0 Å². The molecule has 32 heavy (non-hydrogen) atoms. The molecule has 0 radical (unpaired) electrons. The number of carbonyl (C=O) groups is 1. The minimum Gasteiger partial charge on any atom is -0.337 e. The number of hydrogen-bond donors (Lipinski definition) is 0.